The molecule has 2 aromatic carbocycles. The van der Waals surface area contributed by atoms with Crippen molar-refractivity contribution in [3.63, 3.8) is 0 Å². The molecule has 1 saturated heterocycles. The smallest absolute Gasteiger partial charge is 0.435 e. The highest BCUT2D eigenvalue weighted by molar-refractivity contribution is 7.89. The maximum atomic E-state index is 14.0. The topological polar surface area (TPSA) is 114 Å². The van der Waals surface area contributed by atoms with Crippen molar-refractivity contribution in [3.8, 4) is 11.5 Å². The Bertz CT molecular complexity index is 1160. The maximum Gasteiger partial charge on any atom is 0.435 e. The highest BCUT2D eigenvalue weighted by Crippen LogP contribution is 2.35. The number of benzene rings is 2. The predicted molar refractivity (Wildman–Crippen MR) is 109 cm³/mol. The quantitative estimate of drug-likeness (QED) is 0.551. The van der Waals surface area contributed by atoms with Gasteiger partial charge in [-0.3, -0.25) is 9.69 Å². The molecule has 1 heterocycles. The van der Waals surface area contributed by atoms with E-state index >= 15 is 0 Å². The summed E-state index contributed by atoms with van der Waals surface area (Å²) in [4.78, 5) is 24.9. The lowest BCUT2D eigenvalue weighted by Crippen LogP contribution is -2.69. The second-order valence-electron chi connectivity index (χ2n) is 6.99. The lowest BCUT2D eigenvalue weighted by molar-refractivity contribution is -0.198. The summed E-state index contributed by atoms with van der Waals surface area (Å²) in [5, 5.41) is 1.49. The average molecular weight is 487 g/mol. The van der Waals surface area contributed by atoms with E-state index in [0.29, 0.717) is 22.0 Å². The largest absolute Gasteiger partial charge is 0.493 e. The Balaban J connectivity index is 1.87. The Labute approximate surface area is 187 Å². The molecule has 0 bridgehead atoms. The van der Waals surface area contributed by atoms with Crippen LogP contribution in [0.3, 0.4) is 0 Å². The monoisotopic (exact) mass is 487 g/mol. The third kappa shape index (κ3) is 4.59. The number of halogens is 3. The van der Waals surface area contributed by atoms with Crippen molar-refractivity contribution >= 4 is 22.0 Å². The second kappa shape index (κ2) is 8.90. The first-order valence-electron chi connectivity index (χ1n) is 9.46. The fraction of sp³-hybridized carbons (Fsp3) is 0.300. The van der Waals surface area contributed by atoms with Gasteiger partial charge >= 0.3 is 12.2 Å². The molecule has 0 aliphatic carbocycles. The van der Waals surface area contributed by atoms with Gasteiger partial charge in [-0.05, 0) is 36.2 Å². The molecule has 178 valence electrons. The van der Waals surface area contributed by atoms with Crippen LogP contribution < -0.4 is 19.5 Å². The van der Waals surface area contributed by atoms with Crippen LogP contribution in [0.2, 0.25) is 0 Å². The summed E-state index contributed by atoms with van der Waals surface area (Å²) < 4.78 is 78.7. The zero-order chi connectivity index (χ0) is 24.4. The van der Waals surface area contributed by atoms with Gasteiger partial charge in [0.1, 0.15) is 0 Å². The molecule has 0 radical (unpaired) electrons. The van der Waals surface area contributed by atoms with Crippen LogP contribution in [0.15, 0.2) is 53.4 Å². The molecule has 2 N–H and O–H groups in total. The van der Waals surface area contributed by atoms with Crippen LogP contribution in [0, 0.1) is 0 Å². The Morgan fingerprint density at radius 3 is 2.24 bits per heavy atom. The fourth-order valence-electron chi connectivity index (χ4n) is 3.24. The van der Waals surface area contributed by atoms with Crippen LogP contribution in [0.1, 0.15) is 5.56 Å². The number of urea groups is 1. The summed E-state index contributed by atoms with van der Waals surface area (Å²) in [5.41, 5.74) is -3.29. The number of ether oxygens (including phenoxy) is 2. The Kier molecular flexibility index (Phi) is 6.56. The van der Waals surface area contributed by atoms with E-state index in [1.807, 2.05) is 0 Å². The van der Waals surface area contributed by atoms with Gasteiger partial charge in [-0.2, -0.15) is 17.9 Å². The average Bonchev–Trinajstić information content (AvgIpc) is 3.02. The van der Waals surface area contributed by atoms with E-state index in [2.05, 4.69) is 0 Å². The Morgan fingerprint density at radius 2 is 1.67 bits per heavy atom. The van der Waals surface area contributed by atoms with Gasteiger partial charge in [0.15, 0.2) is 11.5 Å². The van der Waals surface area contributed by atoms with Gasteiger partial charge in [-0.15, -0.1) is 0 Å². The number of rotatable bonds is 8. The van der Waals surface area contributed by atoms with E-state index in [9.17, 15) is 31.2 Å². The molecule has 3 rings (SSSR count). The minimum absolute atomic E-state index is 0.0150. The second-order valence-corrected chi connectivity index (χ2v) is 8.67. The molecule has 1 atom stereocenters. The van der Waals surface area contributed by atoms with Crippen molar-refractivity contribution in [2.75, 3.05) is 20.8 Å². The van der Waals surface area contributed by atoms with Crippen molar-refractivity contribution in [2.45, 2.75) is 23.2 Å². The molecule has 0 saturated carbocycles. The van der Waals surface area contributed by atoms with E-state index < -0.39 is 45.2 Å². The highest BCUT2D eigenvalue weighted by atomic mass is 32.2. The zero-order valence-corrected chi connectivity index (χ0v) is 18.3. The summed E-state index contributed by atoms with van der Waals surface area (Å²) in [6.07, 6.45) is -5.47. The van der Waals surface area contributed by atoms with E-state index in [0.717, 1.165) is 12.1 Å². The molecular formula is C20H20F3N3O6S. The molecule has 2 aromatic rings. The third-order valence-electron chi connectivity index (χ3n) is 4.94. The number of hydrogen-bond acceptors (Lipinski definition) is 6. The number of alkyl halides is 3. The summed E-state index contributed by atoms with van der Waals surface area (Å²) in [7, 11) is -1.98. The molecular weight excluding hydrogens is 467 g/mol. The van der Waals surface area contributed by atoms with Crippen LogP contribution in [0.4, 0.5) is 18.0 Å². The minimum atomic E-state index is -5.46. The van der Waals surface area contributed by atoms with Crippen molar-refractivity contribution in [1.82, 2.24) is 14.9 Å². The number of sulfonamides is 1. The summed E-state index contributed by atoms with van der Waals surface area (Å²) in [5.74, 6) is -1.00. The van der Waals surface area contributed by atoms with E-state index in [-0.39, 0.29) is 6.42 Å². The number of methoxy groups -OCH3 is 2. The Hall–Kier alpha value is -3.32. The first-order chi connectivity index (χ1) is 15.4. The zero-order valence-electron chi connectivity index (χ0n) is 17.5. The van der Waals surface area contributed by atoms with Crippen molar-refractivity contribution in [3.05, 3.63) is 54.1 Å². The van der Waals surface area contributed by atoms with Crippen molar-refractivity contribution in [2.24, 2.45) is 0 Å². The first-order valence-corrected chi connectivity index (χ1v) is 10.9. The molecule has 33 heavy (non-hydrogen) atoms. The molecule has 1 fully saturated rings. The van der Waals surface area contributed by atoms with Gasteiger partial charge in [0.25, 0.3) is 11.6 Å². The minimum Gasteiger partial charge on any atom is -0.493 e. The van der Waals surface area contributed by atoms with Crippen LogP contribution >= 0.6 is 0 Å². The summed E-state index contributed by atoms with van der Waals surface area (Å²) >= 11 is 0. The number of imide groups is 1. The number of nitrogens with one attached hydrogen (secondary N) is 2. The number of carbonyl (C=O) groups is 2. The SMILES string of the molecule is COc1ccc(CCN2C(=O)N[C@](NS(=O)(=O)c3ccccc3)(C(F)(F)F)C2=O)cc1OC. The van der Waals surface area contributed by atoms with Gasteiger partial charge in [-0.1, -0.05) is 24.3 Å². The van der Waals surface area contributed by atoms with E-state index in [1.54, 1.807) is 18.2 Å². The van der Waals surface area contributed by atoms with Crippen LogP contribution in [-0.2, 0) is 21.2 Å². The molecule has 0 aromatic heterocycles. The van der Waals surface area contributed by atoms with E-state index in [1.165, 1.54) is 42.5 Å². The van der Waals surface area contributed by atoms with Gasteiger partial charge in [0, 0.05) is 6.54 Å². The van der Waals surface area contributed by atoms with Gasteiger partial charge in [0.2, 0.25) is 10.0 Å². The number of nitrogens with zero attached hydrogens (tertiary/aromatic N) is 1. The van der Waals surface area contributed by atoms with Crippen molar-refractivity contribution in [1.29, 1.82) is 0 Å². The third-order valence-corrected chi connectivity index (χ3v) is 6.41. The molecule has 13 heteroatoms. The van der Waals surface area contributed by atoms with Crippen molar-refractivity contribution < 1.29 is 40.7 Å². The van der Waals surface area contributed by atoms with Crippen LogP contribution in [0.5, 0.6) is 11.5 Å². The van der Waals surface area contributed by atoms with Gasteiger partial charge in [-0.25, -0.2) is 13.2 Å². The molecule has 9 nitrogen and oxygen atoms in total. The fourth-order valence-corrected chi connectivity index (χ4v) is 4.53. The first kappa shape index (κ1) is 24.3. The molecule has 0 spiro atoms. The van der Waals surface area contributed by atoms with Gasteiger partial charge < -0.3 is 14.8 Å². The predicted octanol–water partition coefficient (Wildman–Crippen LogP) is 2.04. The van der Waals surface area contributed by atoms with Crippen LogP contribution in [-0.4, -0.2) is 57.9 Å². The number of amides is 3. The molecule has 3 amide bonds. The lowest BCUT2D eigenvalue weighted by Gasteiger charge is -2.29. The summed E-state index contributed by atoms with van der Waals surface area (Å²) in [6, 6.07) is 9.52. The molecule has 1 aliphatic heterocycles. The number of carbonyl (C=O) groups excluding carboxylic acids is 2. The molecule has 1 aliphatic rings. The van der Waals surface area contributed by atoms with Gasteiger partial charge in [0.05, 0.1) is 19.1 Å². The molecule has 0 unspecified atom stereocenters. The highest BCUT2D eigenvalue weighted by Gasteiger charge is 2.69. The number of hydrogen-bond donors (Lipinski definition) is 2. The summed E-state index contributed by atoms with van der Waals surface area (Å²) in [6.45, 7) is -0.439. The lowest BCUT2D eigenvalue weighted by atomic mass is 10.1. The maximum absolute atomic E-state index is 14.0. The standard InChI is InChI=1S/C20H20F3N3O6S/c1-31-15-9-8-13(12-16(15)32-2)10-11-26-17(27)19(20(21,22)23,24-18(26)28)25-33(29,30)14-6-4-3-5-7-14/h3-9,12,25H,10-11H2,1-2H3,(H,24,28)/t19-/m1/s1. The normalized spacial score (nSPS) is 18.9. The Morgan fingerprint density at radius 1 is 1.03 bits per heavy atom. The van der Waals surface area contributed by atoms with E-state index in [4.69, 9.17) is 9.47 Å². The van der Waals surface area contributed by atoms with Crippen LogP contribution in [0.25, 0.3) is 0 Å².